The zero-order valence-corrected chi connectivity index (χ0v) is 13.4. The van der Waals surface area contributed by atoms with Crippen LogP contribution in [-0.4, -0.2) is 49.8 Å². The van der Waals surface area contributed by atoms with Gasteiger partial charge in [0.1, 0.15) is 0 Å². The van der Waals surface area contributed by atoms with E-state index >= 15 is 0 Å². The first kappa shape index (κ1) is 17.8. The highest BCUT2D eigenvalue weighted by Crippen LogP contribution is 2.20. The summed E-state index contributed by atoms with van der Waals surface area (Å²) < 4.78 is 27.9. The molecule has 0 bridgehead atoms. The lowest BCUT2D eigenvalue weighted by molar-refractivity contribution is 0.248. The minimum absolute atomic E-state index is 0.0460. The molecule has 0 aromatic rings. The van der Waals surface area contributed by atoms with Gasteiger partial charge in [-0.25, -0.2) is 0 Å². The van der Waals surface area contributed by atoms with E-state index in [1.807, 2.05) is 34.6 Å². The lowest BCUT2D eigenvalue weighted by Crippen LogP contribution is -2.49. The molecule has 0 aliphatic carbocycles. The van der Waals surface area contributed by atoms with Crippen molar-refractivity contribution >= 4 is 10.2 Å². The van der Waals surface area contributed by atoms with E-state index in [0.717, 1.165) is 6.42 Å². The number of nitrogens with zero attached hydrogens (tertiary/aromatic N) is 2. The van der Waals surface area contributed by atoms with E-state index in [9.17, 15) is 8.42 Å². The lowest BCUT2D eigenvalue weighted by atomic mass is 9.94. The Kier molecular flexibility index (Phi) is 6.78. The average Bonchev–Trinajstić information content (AvgIpc) is 2.27. The molecule has 0 aromatic heterocycles. The summed E-state index contributed by atoms with van der Waals surface area (Å²) in [5.74, 6) is 0. The van der Waals surface area contributed by atoms with E-state index in [1.54, 1.807) is 11.4 Å². The predicted octanol–water partition coefficient (Wildman–Crippen LogP) is 1.27. The summed E-state index contributed by atoms with van der Waals surface area (Å²) in [6, 6.07) is -0.0460. The molecule has 0 fully saturated rings. The Morgan fingerprint density at radius 1 is 1.28 bits per heavy atom. The molecule has 0 atom stereocenters. The minimum Gasteiger partial charge on any atom is -0.330 e. The predicted molar refractivity (Wildman–Crippen MR) is 76.5 cm³/mol. The van der Waals surface area contributed by atoms with Gasteiger partial charge in [0.25, 0.3) is 10.2 Å². The van der Waals surface area contributed by atoms with Crippen LogP contribution in [0.1, 0.15) is 41.0 Å². The Labute approximate surface area is 113 Å². The van der Waals surface area contributed by atoms with Crippen LogP contribution in [0, 0.1) is 5.41 Å². The molecule has 0 saturated heterocycles. The first-order valence-electron chi connectivity index (χ1n) is 6.51. The second-order valence-corrected chi connectivity index (χ2v) is 7.81. The molecule has 5 nitrogen and oxygen atoms in total. The van der Waals surface area contributed by atoms with Crippen LogP contribution in [0.4, 0.5) is 0 Å². The number of hydrogen-bond donors (Lipinski definition) is 1. The first-order chi connectivity index (χ1) is 8.08. The van der Waals surface area contributed by atoms with E-state index in [0.29, 0.717) is 19.6 Å². The molecule has 0 saturated carbocycles. The Morgan fingerprint density at radius 2 is 1.78 bits per heavy atom. The summed E-state index contributed by atoms with van der Waals surface area (Å²) in [7, 11) is -1.77. The fourth-order valence-corrected chi connectivity index (χ4v) is 3.34. The molecule has 0 amide bonds. The zero-order valence-electron chi connectivity index (χ0n) is 12.6. The van der Waals surface area contributed by atoms with Gasteiger partial charge in [-0.2, -0.15) is 17.0 Å². The van der Waals surface area contributed by atoms with Crippen molar-refractivity contribution in [3.8, 4) is 0 Å². The van der Waals surface area contributed by atoms with E-state index in [2.05, 4.69) is 0 Å². The van der Waals surface area contributed by atoms with Gasteiger partial charge in [0.05, 0.1) is 0 Å². The molecule has 18 heavy (non-hydrogen) atoms. The first-order valence-corrected chi connectivity index (χ1v) is 7.91. The van der Waals surface area contributed by atoms with Crippen molar-refractivity contribution in [2.45, 2.75) is 47.1 Å². The smallest absolute Gasteiger partial charge is 0.281 e. The monoisotopic (exact) mass is 279 g/mol. The average molecular weight is 279 g/mol. The highest BCUT2D eigenvalue weighted by atomic mass is 32.2. The molecule has 0 aliphatic heterocycles. The normalized spacial score (nSPS) is 13.9. The minimum atomic E-state index is -3.39. The van der Waals surface area contributed by atoms with E-state index in [1.165, 1.54) is 4.31 Å². The lowest BCUT2D eigenvalue weighted by Gasteiger charge is -2.34. The van der Waals surface area contributed by atoms with Crippen LogP contribution in [0.25, 0.3) is 0 Å². The summed E-state index contributed by atoms with van der Waals surface area (Å²) >= 11 is 0. The molecule has 0 rings (SSSR count). The molecule has 0 aliphatic rings. The molecular formula is C12H29N3O2S. The zero-order chi connectivity index (χ0) is 14.6. The Bertz CT molecular complexity index is 339. The van der Waals surface area contributed by atoms with Crippen LogP contribution in [0.15, 0.2) is 0 Å². The fourth-order valence-electron chi connectivity index (χ4n) is 1.52. The molecule has 0 radical (unpaired) electrons. The summed E-state index contributed by atoms with van der Waals surface area (Å²) in [5.41, 5.74) is 5.49. The van der Waals surface area contributed by atoms with Crippen LogP contribution in [0.2, 0.25) is 0 Å². The molecule has 110 valence electrons. The summed E-state index contributed by atoms with van der Waals surface area (Å²) in [4.78, 5) is 0. The number of hydrogen-bond acceptors (Lipinski definition) is 3. The summed E-state index contributed by atoms with van der Waals surface area (Å²) in [6.45, 7) is 11.1. The van der Waals surface area contributed by atoms with Crippen molar-refractivity contribution in [1.82, 2.24) is 8.61 Å². The van der Waals surface area contributed by atoms with Crippen LogP contribution in [0.5, 0.6) is 0 Å². The highest BCUT2D eigenvalue weighted by Gasteiger charge is 2.32. The number of rotatable bonds is 8. The Hall–Kier alpha value is -0.170. The molecule has 0 spiro atoms. The maximum absolute atomic E-state index is 12.5. The van der Waals surface area contributed by atoms with Gasteiger partial charge in [-0.1, -0.05) is 20.8 Å². The van der Waals surface area contributed by atoms with Crippen molar-refractivity contribution in [1.29, 1.82) is 0 Å². The SMILES string of the molecule is CCCN(CC(C)(C)CN)S(=O)(=O)N(C)C(C)C. The van der Waals surface area contributed by atoms with E-state index in [4.69, 9.17) is 5.73 Å². The third-order valence-electron chi connectivity index (χ3n) is 3.05. The van der Waals surface area contributed by atoms with Crippen LogP contribution < -0.4 is 5.73 Å². The largest absolute Gasteiger partial charge is 0.330 e. The van der Waals surface area contributed by atoms with Crippen molar-refractivity contribution in [3.05, 3.63) is 0 Å². The highest BCUT2D eigenvalue weighted by molar-refractivity contribution is 7.86. The maximum Gasteiger partial charge on any atom is 0.281 e. The van der Waals surface area contributed by atoms with Crippen molar-refractivity contribution in [2.75, 3.05) is 26.7 Å². The summed E-state index contributed by atoms with van der Waals surface area (Å²) in [5, 5.41) is 0. The van der Waals surface area contributed by atoms with Crippen LogP contribution in [-0.2, 0) is 10.2 Å². The van der Waals surface area contributed by atoms with E-state index < -0.39 is 10.2 Å². The molecular weight excluding hydrogens is 250 g/mol. The molecule has 0 aromatic carbocycles. The molecule has 6 heteroatoms. The Morgan fingerprint density at radius 3 is 2.11 bits per heavy atom. The number of nitrogens with two attached hydrogens (primary N) is 1. The fraction of sp³-hybridized carbons (Fsp3) is 1.00. The van der Waals surface area contributed by atoms with Crippen LogP contribution in [0.3, 0.4) is 0 Å². The van der Waals surface area contributed by atoms with Crippen LogP contribution >= 0.6 is 0 Å². The molecule has 0 unspecified atom stereocenters. The van der Waals surface area contributed by atoms with Gasteiger partial charge in [-0.3, -0.25) is 0 Å². The second-order valence-electron chi connectivity index (χ2n) is 5.82. The van der Waals surface area contributed by atoms with Crippen molar-refractivity contribution in [2.24, 2.45) is 11.1 Å². The third-order valence-corrected chi connectivity index (χ3v) is 5.16. The summed E-state index contributed by atoms with van der Waals surface area (Å²) in [6.07, 6.45) is 0.797. The van der Waals surface area contributed by atoms with Gasteiger partial charge in [0.2, 0.25) is 0 Å². The standard InChI is InChI=1S/C12H29N3O2S/c1-7-8-15(10-12(4,5)9-13)18(16,17)14(6)11(2)3/h11H,7-10,13H2,1-6H3. The van der Waals surface area contributed by atoms with Crippen molar-refractivity contribution in [3.63, 3.8) is 0 Å². The van der Waals surface area contributed by atoms with Gasteiger partial charge in [0, 0.05) is 26.2 Å². The van der Waals surface area contributed by atoms with Gasteiger partial charge >= 0.3 is 0 Å². The van der Waals surface area contributed by atoms with Gasteiger partial charge in [0.15, 0.2) is 0 Å². The topological polar surface area (TPSA) is 66.6 Å². The molecule has 2 N–H and O–H groups in total. The second kappa shape index (κ2) is 6.84. The van der Waals surface area contributed by atoms with E-state index in [-0.39, 0.29) is 11.5 Å². The van der Waals surface area contributed by atoms with Gasteiger partial charge in [-0.05, 0) is 32.2 Å². The molecule has 0 heterocycles. The van der Waals surface area contributed by atoms with Gasteiger partial charge < -0.3 is 5.73 Å². The third kappa shape index (κ3) is 4.84. The Balaban J connectivity index is 5.11. The maximum atomic E-state index is 12.5. The quantitative estimate of drug-likeness (QED) is 0.727. The van der Waals surface area contributed by atoms with Gasteiger partial charge in [-0.15, -0.1) is 0 Å². The van der Waals surface area contributed by atoms with Crippen molar-refractivity contribution < 1.29 is 8.42 Å².